The van der Waals surface area contributed by atoms with Crippen LogP contribution in [0.4, 0.5) is 0 Å². The third-order valence-corrected chi connectivity index (χ3v) is 5.43. The summed E-state index contributed by atoms with van der Waals surface area (Å²) in [5, 5.41) is 9.32. The van der Waals surface area contributed by atoms with Gasteiger partial charge in [-0.25, -0.2) is 9.67 Å². The number of pyridine rings is 1. The van der Waals surface area contributed by atoms with Crippen molar-refractivity contribution in [1.82, 2.24) is 35.4 Å². The molecule has 0 atom stereocenters. The zero-order chi connectivity index (χ0) is 23.7. The molecule has 4 rings (SSSR count). The predicted molar refractivity (Wildman–Crippen MR) is 125 cm³/mol. The average molecular weight is 446 g/mol. The number of rotatable bonds is 5. The number of hydrogen-bond acceptors (Lipinski definition) is 5. The molecule has 170 valence electrons. The topological polar surface area (TPSA) is 107 Å². The number of carbonyl (C=O) groups is 2. The van der Waals surface area contributed by atoms with E-state index in [1.165, 1.54) is 0 Å². The second-order valence-corrected chi connectivity index (χ2v) is 8.38. The fraction of sp³-hybridized carbons (Fsp3) is 0.292. The normalized spacial score (nSPS) is 11.2. The number of carbonyl (C=O) groups excluding carboxylic acids is 2. The number of nitrogens with one attached hydrogen (secondary N) is 2. The van der Waals surface area contributed by atoms with Crippen molar-refractivity contribution in [2.75, 3.05) is 0 Å². The van der Waals surface area contributed by atoms with E-state index in [2.05, 4.69) is 21.0 Å². The molecule has 0 spiro atoms. The van der Waals surface area contributed by atoms with Gasteiger partial charge in [-0.1, -0.05) is 24.3 Å². The number of benzene rings is 1. The molecule has 2 N–H and O–H groups in total. The lowest BCUT2D eigenvalue weighted by Gasteiger charge is -2.13. The minimum atomic E-state index is -0.442. The van der Waals surface area contributed by atoms with E-state index in [1.54, 1.807) is 21.6 Å². The fourth-order valence-electron chi connectivity index (χ4n) is 3.79. The highest BCUT2D eigenvalue weighted by Crippen LogP contribution is 2.28. The van der Waals surface area contributed by atoms with E-state index in [9.17, 15) is 9.59 Å². The monoisotopic (exact) mass is 445 g/mol. The molecule has 1 aromatic carbocycles. The molecule has 0 aliphatic heterocycles. The van der Waals surface area contributed by atoms with Gasteiger partial charge in [-0.2, -0.15) is 10.2 Å². The van der Waals surface area contributed by atoms with E-state index in [-0.39, 0.29) is 18.5 Å². The van der Waals surface area contributed by atoms with Crippen LogP contribution in [0.25, 0.3) is 22.3 Å². The van der Waals surface area contributed by atoms with Crippen molar-refractivity contribution < 1.29 is 9.59 Å². The summed E-state index contributed by atoms with van der Waals surface area (Å²) in [6.45, 7) is 9.76. The van der Waals surface area contributed by atoms with Crippen LogP contribution in [0, 0.1) is 20.8 Å². The number of hydrogen-bond donors (Lipinski definition) is 2. The summed E-state index contributed by atoms with van der Waals surface area (Å²) in [5.41, 5.74) is 10.4. The Bertz CT molecular complexity index is 1350. The SMILES string of the molecule is Cc1cc(C)n(CC(=O)NNC(=O)c2cc(-c3ccccc3C)nc3c2cnn3C(C)C)n1. The van der Waals surface area contributed by atoms with Gasteiger partial charge in [0.05, 0.1) is 28.5 Å². The Labute approximate surface area is 191 Å². The Hall–Kier alpha value is -4.01. The van der Waals surface area contributed by atoms with E-state index < -0.39 is 5.91 Å². The van der Waals surface area contributed by atoms with E-state index in [4.69, 9.17) is 4.98 Å². The quantitative estimate of drug-likeness (QED) is 0.459. The first-order chi connectivity index (χ1) is 15.7. The molecule has 9 nitrogen and oxygen atoms in total. The molecule has 0 saturated heterocycles. The second-order valence-electron chi connectivity index (χ2n) is 8.38. The second kappa shape index (κ2) is 8.85. The Balaban J connectivity index is 1.64. The molecule has 3 aromatic heterocycles. The molecule has 0 aliphatic rings. The molecular formula is C24H27N7O2. The molecule has 3 heterocycles. The summed E-state index contributed by atoms with van der Waals surface area (Å²) in [4.78, 5) is 30.3. The molecule has 0 aliphatic carbocycles. The molecule has 0 unspecified atom stereocenters. The van der Waals surface area contributed by atoms with Gasteiger partial charge in [0.1, 0.15) is 6.54 Å². The minimum Gasteiger partial charge on any atom is -0.271 e. The average Bonchev–Trinajstić information content (AvgIpc) is 3.34. The number of amides is 2. The lowest BCUT2D eigenvalue weighted by Crippen LogP contribution is -2.43. The van der Waals surface area contributed by atoms with Gasteiger partial charge in [0.2, 0.25) is 0 Å². The van der Waals surface area contributed by atoms with Crippen LogP contribution in [0.2, 0.25) is 0 Å². The lowest BCUT2D eigenvalue weighted by atomic mass is 10.0. The van der Waals surface area contributed by atoms with Crippen LogP contribution in [0.5, 0.6) is 0 Å². The maximum absolute atomic E-state index is 13.1. The van der Waals surface area contributed by atoms with Gasteiger partial charge in [-0.15, -0.1) is 0 Å². The van der Waals surface area contributed by atoms with Crippen LogP contribution in [0.1, 0.15) is 47.2 Å². The third-order valence-electron chi connectivity index (χ3n) is 5.43. The molecule has 2 amide bonds. The Kier molecular flexibility index (Phi) is 5.95. The Morgan fingerprint density at radius 1 is 1.06 bits per heavy atom. The molecule has 0 fully saturated rings. The van der Waals surface area contributed by atoms with Gasteiger partial charge in [0, 0.05) is 17.3 Å². The van der Waals surface area contributed by atoms with Crippen molar-refractivity contribution in [3.8, 4) is 11.3 Å². The van der Waals surface area contributed by atoms with Crippen molar-refractivity contribution in [3.05, 3.63) is 65.1 Å². The first kappa shape index (κ1) is 22.2. The van der Waals surface area contributed by atoms with Gasteiger partial charge in [0.15, 0.2) is 5.65 Å². The van der Waals surface area contributed by atoms with Crippen LogP contribution in [0.15, 0.2) is 42.6 Å². The summed E-state index contributed by atoms with van der Waals surface area (Å²) >= 11 is 0. The van der Waals surface area contributed by atoms with Gasteiger partial charge in [-0.3, -0.25) is 25.1 Å². The third kappa shape index (κ3) is 4.48. The Morgan fingerprint density at radius 3 is 2.48 bits per heavy atom. The predicted octanol–water partition coefficient (Wildman–Crippen LogP) is 3.26. The highest BCUT2D eigenvalue weighted by molar-refractivity contribution is 6.07. The summed E-state index contributed by atoms with van der Waals surface area (Å²) in [6, 6.07) is 11.6. The van der Waals surface area contributed by atoms with Crippen LogP contribution >= 0.6 is 0 Å². The number of fused-ring (bicyclic) bond motifs is 1. The van der Waals surface area contributed by atoms with Gasteiger partial charge < -0.3 is 0 Å². The Morgan fingerprint density at radius 2 is 1.82 bits per heavy atom. The smallest absolute Gasteiger partial charge is 0.270 e. The van der Waals surface area contributed by atoms with Crippen molar-refractivity contribution in [3.63, 3.8) is 0 Å². The number of aromatic nitrogens is 5. The molecule has 0 saturated carbocycles. The minimum absolute atomic E-state index is 0.00541. The summed E-state index contributed by atoms with van der Waals surface area (Å²) in [5.74, 6) is -0.820. The van der Waals surface area contributed by atoms with Gasteiger partial charge >= 0.3 is 0 Å². The highest BCUT2D eigenvalue weighted by atomic mass is 16.2. The maximum atomic E-state index is 13.1. The molecule has 0 radical (unpaired) electrons. The molecule has 0 bridgehead atoms. The van der Waals surface area contributed by atoms with Crippen LogP contribution in [-0.4, -0.2) is 36.4 Å². The molecular weight excluding hydrogens is 418 g/mol. The number of hydrazine groups is 1. The van der Waals surface area contributed by atoms with Crippen molar-refractivity contribution in [2.45, 2.75) is 47.2 Å². The molecule has 9 heteroatoms. The van der Waals surface area contributed by atoms with Crippen LogP contribution in [0.3, 0.4) is 0 Å². The van der Waals surface area contributed by atoms with Crippen molar-refractivity contribution in [1.29, 1.82) is 0 Å². The van der Waals surface area contributed by atoms with Gasteiger partial charge in [-0.05, 0) is 52.3 Å². The molecule has 4 aromatic rings. The fourth-order valence-corrected chi connectivity index (χ4v) is 3.79. The zero-order valence-corrected chi connectivity index (χ0v) is 19.4. The first-order valence-corrected chi connectivity index (χ1v) is 10.8. The molecule has 33 heavy (non-hydrogen) atoms. The highest BCUT2D eigenvalue weighted by Gasteiger charge is 2.19. The number of aryl methyl sites for hydroxylation is 3. The van der Waals surface area contributed by atoms with E-state index in [1.807, 2.05) is 65.0 Å². The van der Waals surface area contributed by atoms with E-state index >= 15 is 0 Å². The summed E-state index contributed by atoms with van der Waals surface area (Å²) in [6.07, 6.45) is 1.64. The van der Waals surface area contributed by atoms with E-state index in [0.29, 0.717) is 22.3 Å². The number of nitrogens with zero attached hydrogens (tertiary/aromatic N) is 5. The first-order valence-electron chi connectivity index (χ1n) is 10.8. The summed E-state index contributed by atoms with van der Waals surface area (Å²) < 4.78 is 3.37. The van der Waals surface area contributed by atoms with Crippen molar-refractivity contribution in [2.24, 2.45) is 0 Å². The van der Waals surface area contributed by atoms with Crippen LogP contribution in [-0.2, 0) is 11.3 Å². The van der Waals surface area contributed by atoms with Gasteiger partial charge in [0.25, 0.3) is 11.8 Å². The van der Waals surface area contributed by atoms with E-state index in [0.717, 1.165) is 22.5 Å². The largest absolute Gasteiger partial charge is 0.271 e. The standard InChI is InChI=1S/C24H27N7O2/c1-14(2)31-23-20(12-25-31)19(11-21(26-23)18-9-7-6-8-15(18)3)24(33)28-27-22(32)13-30-17(5)10-16(4)29-30/h6-12,14H,13H2,1-5H3,(H,27,32)(H,28,33). The van der Waals surface area contributed by atoms with Crippen LogP contribution < -0.4 is 10.9 Å². The maximum Gasteiger partial charge on any atom is 0.270 e. The zero-order valence-electron chi connectivity index (χ0n) is 19.4. The summed E-state index contributed by atoms with van der Waals surface area (Å²) in [7, 11) is 0. The van der Waals surface area contributed by atoms with Crippen molar-refractivity contribution >= 4 is 22.8 Å². The lowest BCUT2D eigenvalue weighted by molar-refractivity contribution is -0.122.